The van der Waals surface area contributed by atoms with Gasteiger partial charge in [0.25, 0.3) is 5.24 Å². The molecule has 2 aliphatic rings. The third-order valence-electron chi connectivity index (χ3n) is 2.66. The second-order valence-electron chi connectivity index (χ2n) is 3.74. The van der Waals surface area contributed by atoms with E-state index in [1.54, 1.807) is 6.08 Å². The van der Waals surface area contributed by atoms with Crippen LogP contribution in [-0.4, -0.2) is 51.9 Å². The third-order valence-corrected chi connectivity index (χ3v) is 3.47. The first-order chi connectivity index (χ1) is 7.61. The van der Waals surface area contributed by atoms with Gasteiger partial charge in [-0.15, -0.1) is 0 Å². The number of carbonyl (C=O) groups is 1. The van der Waals surface area contributed by atoms with Gasteiger partial charge in [0.05, 0.1) is 17.7 Å². The summed E-state index contributed by atoms with van der Waals surface area (Å²) >= 11 is 0.948. The van der Waals surface area contributed by atoms with Crippen LogP contribution in [0.4, 0.5) is 4.79 Å². The van der Waals surface area contributed by atoms with Crippen molar-refractivity contribution in [2.24, 2.45) is 5.73 Å². The van der Waals surface area contributed by atoms with Crippen molar-refractivity contribution in [1.29, 1.82) is 0 Å². The van der Waals surface area contributed by atoms with E-state index >= 15 is 0 Å². The number of hydrogen-bond donors (Lipinski definition) is 3. The van der Waals surface area contributed by atoms with E-state index in [-0.39, 0.29) is 11.8 Å². The summed E-state index contributed by atoms with van der Waals surface area (Å²) in [5.41, 5.74) is 5.51. The smallest absolute Gasteiger partial charge is 0.290 e. The number of aliphatic hydroxyl groups excluding tert-OH is 2. The summed E-state index contributed by atoms with van der Waals surface area (Å²) in [4.78, 5) is 13.1. The molecule has 0 aliphatic carbocycles. The molecule has 1 fully saturated rings. The summed E-state index contributed by atoms with van der Waals surface area (Å²) in [7, 11) is 0. The minimum absolute atomic E-state index is 0.184. The van der Waals surface area contributed by atoms with Crippen molar-refractivity contribution in [1.82, 2.24) is 4.90 Å². The molecule has 90 valence electrons. The van der Waals surface area contributed by atoms with E-state index in [0.717, 1.165) is 11.8 Å². The van der Waals surface area contributed by atoms with Crippen molar-refractivity contribution in [3.05, 3.63) is 11.1 Å². The summed E-state index contributed by atoms with van der Waals surface area (Å²) in [5.74, 6) is 0. The quantitative estimate of drug-likeness (QED) is 0.603. The fraction of sp³-hybridized carbons (Fsp3) is 0.667. The van der Waals surface area contributed by atoms with Crippen LogP contribution < -0.4 is 5.73 Å². The highest BCUT2D eigenvalue weighted by Crippen LogP contribution is 2.29. The van der Waals surface area contributed by atoms with E-state index in [0.29, 0.717) is 18.0 Å². The zero-order chi connectivity index (χ0) is 11.7. The lowest BCUT2D eigenvalue weighted by Crippen LogP contribution is -2.40. The van der Waals surface area contributed by atoms with Gasteiger partial charge in [0.15, 0.2) is 0 Å². The molecule has 0 bridgehead atoms. The van der Waals surface area contributed by atoms with Crippen molar-refractivity contribution in [2.45, 2.75) is 24.9 Å². The minimum atomic E-state index is -0.726. The summed E-state index contributed by atoms with van der Waals surface area (Å²) in [5, 5.41) is 18.8. The molecule has 7 heteroatoms. The number of amides is 1. The van der Waals surface area contributed by atoms with Gasteiger partial charge >= 0.3 is 0 Å². The molecular weight excluding hydrogens is 232 g/mol. The minimum Gasteiger partial charge on any atom is -0.394 e. The Kier molecular flexibility index (Phi) is 3.38. The molecule has 0 spiro atoms. The Morgan fingerprint density at radius 1 is 1.69 bits per heavy atom. The zero-order valence-corrected chi connectivity index (χ0v) is 9.39. The second-order valence-corrected chi connectivity index (χ2v) is 4.77. The maximum Gasteiger partial charge on any atom is 0.290 e. The first-order valence-corrected chi connectivity index (χ1v) is 5.82. The van der Waals surface area contributed by atoms with Crippen LogP contribution in [0.1, 0.15) is 6.42 Å². The molecule has 2 rings (SSSR count). The Hall–Kier alpha value is -0.760. The summed E-state index contributed by atoms with van der Waals surface area (Å²) in [6.07, 6.45) is 0.248. The monoisotopic (exact) mass is 246 g/mol. The number of nitrogens with zero attached hydrogens (tertiary/aromatic N) is 1. The molecule has 2 heterocycles. The van der Waals surface area contributed by atoms with E-state index < -0.39 is 18.4 Å². The molecule has 4 N–H and O–H groups in total. The van der Waals surface area contributed by atoms with Gasteiger partial charge < -0.3 is 25.6 Å². The van der Waals surface area contributed by atoms with Gasteiger partial charge in [-0.25, -0.2) is 0 Å². The Labute approximate surface area is 97.0 Å². The average molecular weight is 246 g/mol. The number of thioether (sulfide) groups is 1. The van der Waals surface area contributed by atoms with E-state index in [2.05, 4.69) is 0 Å². The Bertz CT molecular complexity index is 323. The van der Waals surface area contributed by atoms with Crippen molar-refractivity contribution in [3.63, 3.8) is 0 Å². The van der Waals surface area contributed by atoms with E-state index in [1.165, 1.54) is 4.90 Å². The van der Waals surface area contributed by atoms with Gasteiger partial charge in [0, 0.05) is 13.0 Å². The number of aliphatic hydroxyl groups is 2. The van der Waals surface area contributed by atoms with Crippen LogP contribution in [-0.2, 0) is 4.74 Å². The summed E-state index contributed by atoms with van der Waals surface area (Å²) < 4.78 is 5.39. The van der Waals surface area contributed by atoms with Crippen LogP contribution in [0.2, 0.25) is 0 Å². The SMILES string of the molecule is NC1=CCN([C@H]2C[C@H](O)[C@@H](CO)O2)C(=O)S1. The standard InChI is InChI=1S/C9H14N2O4S/c10-7-1-2-11(9(14)16-7)8-3-5(13)6(4-12)15-8/h1,5-6,8,12-13H,2-4,10H2/t5-,6+,8+/m0/s1. The highest BCUT2D eigenvalue weighted by Gasteiger charge is 2.39. The fourth-order valence-corrected chi connectivity index (χ4v) is 2.44. The van der Waals surface area contributed by atoms with Crippen molar-refractivity contribution >= 4 is 17.0 Å². The van der Waals surface area contributed by atoms with Crippen molar-refractivity contribution in [2.75, 3.05) is 13.2 Å². The van der Waals surface area contributed by atoms with E-state index in [9.17, 15) is 9.90 Å². The maximum atomic E-state index is 11.6. The number of ether oxygens (including phenoxy) is 1. The van der Waals surface area contributed by atoms with Crippen molar-refractivity contribution in [3.8, 4) is 0 Å². The van der Waals surface area contributed by atoms with Gasteiger partial charge in [-0.2, -0.15) is 0 Å². The van der Waals surface area contributed by atoms with Gasteiger partial charge in [0.2, 0.25) is 0 Å². The predicted molar refractivity (Wildman–Crippen MR) is 58.3 cm³/mol. The maximum absolute atomic E-state index is 11.6. The Morgan fingerprint density at radius 2 is 2.44 bits per heavy atom. The largest absolute Gasteiger partial charge is 0.394 e. The molecule has 0 unspecified atom stereocenters. The first-order valence-electron chi connectivity index (χ1n) is 5.00. The fourth-order valence-electron chi connectivity index (χ4n) is 1.77. The lowest BCUT2D eigenvalue weighted by molar-refractivity contribution is -0.0590. The summed E-state index contributed by atoms with van der Waals surface area (Å²) in [6.45, 7) is 0.137. The molecule has 6 nitrogen and oxygen atoms in total. The third kappa shape index (κ3) is 2.17. The normalized spacial score (nSPS) is 35.4. The van der Waals surface area contributed by atoms with E-state index in [4.69, 9.17) is 15.6 Å². The van der Waals surface area contributed by atoms with Crippen LogP contribution >= 0.6 is 11.8 Å². The van der Waals surface area contributed by atoms with Gasteiger partial charge in [-0.3, -0.25) is 4.79 Å². The molecule has 0 aromatic heterocycles. The predicted octanol–water partition coefficient (Wildman–Crippen LogP) is -0.576. The summed E-state index contributed by atoms with van der Waals surface area (Å²) in [6, 6.07) is 0. The number of hydrogen-bond acceptors (Lipinski definition) is 6. The topological polar surface area (TPSA) is 96.0 Å². The highest BCUT2D eigenvalue weighted by atomic mass is 32.2. The second kappa shape index (κ2) is 4.62. The Morgan fingerprint density at radius 3 is 3.00 bits per heavy atom. The number of rotatable bonds is 2. The van der Waals surface area contributed by atoms with Crippen molar-refractivity contribution < 1.29 is 19.7 Å². The van der Waals surface area contributed by atoms with Gasteiger partial charge in [0.1, 0.15) is 12.3 Å². The molecule has 0 aromatic carbocycles. The molecule has 0 aromatic rings. The first kappa shape index (κ1) is 11.7. The van der Waals surface area contributed by atoms with Crippen LogP contribution in [0.5, 0.6) is 0 Å². The van der Waals surface area contributed by atoms with Crippen LogP contribution in [0.3, 0.4) is 0 Å². The van der Waals surface area contributed by atoms with Crippen LogP contribution in [0.25, 0.3) is 0 Å². The molecule has 1 saturated heterocycles. The molecule has 0 radical (unpaired) electrons. The molecule has 16 heavy (non-hydrogen) atoms. The molecule has 1 amide bonds. The van der Waals surface area contributed by atoms with E-state index in [1.807, 2.05) is 0 Å². The average Bonchev–Trinajstić information content (AvgIpc) is 2.59. The number of nitrogens with two attached hydrogens (primary N) is 1. The zero-order valence-electron chi connectivity index (χ0n) is 8.57. The molecule has 3 atom stereocenters. The lowest BCUT2D eigenvalue weighted by atomic mass is 10.2. The lowest BCUT2D eigenvalue weighted by Gasteiger charge is -2.29. The molecular formula is C9H14N2O4S. The van der Waals surface area contributed by atoms with Crippen LogP contribution in [0.15, 0.2) is 11.1 Å². The molecule has 2 aliphatic heterocycles. The molecule has 0 saturated carbocycles. The van der Waals surface area contributed by atoms with Gasteiger partial charge in [-0.05, 0) is 17.8 Å². The number of carbonyl (C=O) groups excluding carboxylic acids is 1. The Balaban J connectivity index is 2.02. The van der Waals surface area contributed by atoms with Gasteiger partial charge in [-0.1, -0.05) is 0 Å². The van der Waals surface area contributed by atoms with Crippen LogP contribution in [0, 0.1) is 0 Å². The highest BCUT2D eigenvalue weighted by molar-refractivity contribution is 8.16.